The summed E-state index contributed by atoms with van der Waals surface area (Å²) in [5, 5.41) is 0.466. The van der Waals surface area contributed by atoms with E-state index < -0.39 is 0 Å². The second kappa shape index (κ2) is 4.31. The van der Waals surface area contributed by atoms with Gasteiger partial charge in [0.05, 0.1) is 10.7 Å². The van der Waals surface area contributed by atoms with Gasteiger partial charge in [-0.05, 0) is 24.3 Å². The molecular weight excluding hydrogens is 254 g/mol. The first-order chi connectivity index (χ1) is 8.74. The van der Waals surface area contributed by atoms with Crippen molar-refractivity contribution in [1.82, 2.24) is 0 Å². The Hall–Kier alpha value is -2.07. The fourth-order valence-electron chi connectivity index (χ4n) is 1.67. The number of anilines is 1. The zero-order valence-corrected chi connectivity index (χ0v) is 10.1. The zero-order valence-electron chi connectivity index (χ0n) is 9.35. The van der Waals surface area contributed by atoms with E-state index in [2.05, 4.69) is 0 Å². The summed E-state index contributed by atoms with van der Waals surface area (Å²) in [7, 11) is 0. The smallest absolute Gasteiger partial charge is 0.231 e. The van der Waals surface area contributed by atoms with Crippen LogP contribution in [-0.2, 0) is 0 Å². The van der Waals surface area contributed by atoms with E-state index in [4.69, 9.17) is 31.5 Å². The molecule has 4 nitrogen and oxygen atoms in total. The molecule has 2 aromatic carbocycles. The Morgan fingerprint density at radius 2 is 1.94 bits per heavy atom. The number of hydrogen-bond donors (Lipinski definition) is 1. The first-order valence-electron chi connectivity index (χ1n) is 5.35. The molecule has 0 saturated heterocycles. The van der Waals surface area contributed by atoms with Crippen LogP contribution in [0.3, 0.4) is 0 Å². The molecule has 0 spiro atoms. The van der Waals surface area contributed by atoms with E-state index in [9.17, 15) is 0 Å². The molecule has 0 radical (unpaired) electrons. The maximum absolute atomic E-state index is 5.92. The Balaban J connectivity index is 1.90. The number of halogens is 1. The molecule has 0 amide bonds. The third kappa shape index (κ3) is 1.91. The highest BCUT2D eigenvalue weighted by Gasteiger charge is 2.14. The quantitative estimate of drug-likeness (QED) is 0.843. The molecule has 0 aromatic heterocycles. The Morgan fingerprint density at radius 3 is 2.83 bits per heavy atom. The second-order valence-electron chi connectivity index (χ2n) is 3.77. The summed E-state index contributed by atoms with van der Waals surface area (Å²) in [6, 6.07) is 10.6. The topological polar surface area (TPSA) is 53.7 Å². The van der Waals surface area contributed by atoms with Crippen molar-refractivity contribution in [3.05, 3.63) is 41.4 Å². The van der Waals surface area contributed by atoms with Crippen molar-refractivity contribution in [2.75, 3.05) is 12.5 Å². The minimum Gasteiger partial charge on any atom is -0.455 e. The number of ether oxygens (including phenoxy) is 3. The lowest BCUT2D eigenvalue weighted by atomic mass is 10.3. The summed E-state index contributed by atoms with van der Waals surface area (Å²) in [4.78, 5) is 0. The van der Waals surface area contributed by atoms with Crippen LogP contribution in [0.15, 0.2) is 36.4 Å². The summed E-state index contributed by atoms with van der Waals surface area (Å²) >= 11 is 5.92. The maximum atomic E-state index is 5.92. The van der Waals surface area contributed by atoms with Gasteiger partial charge in [0.2, 0.25) is 6.79 Å². The molecule has 2 aromatic rings. The summed E-state index contributed by atoms with van der Waals surface area (Å²) in [5.74, 6) is 2.50. The van der Waals surface area contributed by atoms with Crippen molar-refractivity contribution in [1.29, 1.82) is 0 Å². The van der Waals surface area contributed by atoms with Crippen molar-refractivity contribution in [3.63, 3.8) is 0 Å². The number of nitrogen functional groups attached to an aromatic ring is 1. The highest BCUT2D eigenvalue weighted by molar-refractivity contribution is 6.33. The predicted molar refractivity (Wildman–Crippen MR) is 68.5 cm³/mol. The van der Waals surface area contributed by atoms with Gasteiger partial charge in [-0.1, -0.05) is 17.7 Å². The molecule has 0 aliphatic carbocycles. The van der Waals surface area contributed by atoms with Crippen LogP contribution in [0.5, 0.6) is 23.0 Å². The number of nitrogens with two attached hydrogens (primary N) is 1. The van der Waals surface area contributed by atoms with Gasteiger partial charge in [0.25, 0.3) is 0 Å². The van der Waals surface area contributed by atoms with Crippen molar-refractivity contribution >= 4 is 17.3 Å². The molecule has 1 heterocycles. The molecule has 1 aliphatic heterocycles. The Labute approximate surface area is 109 Å². The average molecular weight is 264 g/mol. The summed E-state index contributed by atoms with van der Waals surface area (Å²) in [6.45, 7) is 0.234. The van der Waals surface area contributed by atoms with E-state index in [1.165, 1.54) is 0 Å². The molecule has 0 saturated carbocycles. The monoisotopic (exact) mass is 263 g/mol. The zero-order chi connectivity index (χ0) is 12.5. The number of hydrogen-bond acceptors (Lipinski definition) is 4. The minimum absolute atomic E-state index is 0.234. The molecule has 0 unspecified atom stereocenters. The molecule has 1 aliphatic rings. The van der Waals surface area contributed by atoms with Gasteiger partial charge in [-0.25, -0.2) is 0 Å². The van der Waals surface area contributed by atoms with Crippen LogP contribution in [0, 0.1) is 0 Å². The van der Waals surface area contributed by atoms with Crippen molar-refractivity contribution < 1.29 is 14.2 Å². The first-order valence-corrected chi connectivity index (χ1v) is 5.73. The van der Waals surface area contributed by atoms with Crippen LogP contribution < -0.4 is 19.9 Å². The van der Waals surface area contributed by atoms with Crippen molar-refractivity contribution in [3.8, 4) is 23.0 Å². The highest BCUT2D eigenvalue weighted by atomic mass is 35.5. The molecule has 92 valence electrons. The average Bonchev–Trinajstić information content (AvgIpc) is 2.82. The van der Waals surface area contributed by atoms with Crippen LogP contribution in [0.25, 0.3) is 0 Å². The van der Waals surface area contributed by atoms with E-state index in [-0.39, 0.29) is 6.79 Å². The van der Waals surface area contributed by atoms with Gasteiger partial charge in [0.1, 0.15) is 5.75 Å². The first kappa shape index (κ1) is 11.0. The molecule has 0 atom stereocenters. The van der Waals surface area contributed by atoms with Gasteiger partial charge in [0.15, 0.2) is 17.2 Å². The molecule has 0 bridgehead atoms. The van der Waals surface area contributed by atoms with Gasteiger partial charge in [-0.15, -0.1) is 0 Å². The minimum atomic E-state index is 0.234. The molecule has 18 heavy (non-hydrogen) atoms. The van der Waals surface area contributed by atoms with Crippen LogP contribution in [0.1, 0.15) is 0 Å². The Morgan fingerprint density at radius 1 is 1.11 bits per heavy atom. The van der Waals surface area contributed by atoms with E-state index in [1.807, 2.05) is 0 Å². The van der Waals surface area contributed by atoms with Crippen LogP contribution in [0.2, 0.25) is 5.02 Å². The maximum Gasteiger partial charge on any atom is 0.231 e. The number of rotatable bonds is 2. The number of fused-ring (bicyclic) bond motifs is 1. The molecule has 5 heteroatoms. The lowest BCUT2D eigenvalue weighted by molar-refractivity contribution is 0.174. The fourth-order valence-corrected chi connectivity index (χ4v) is 1.84. The Bertz CT molecular complexity index is 601. The standard InChI is InChI=1S/C13H10ClNO3/c14-9-2-1-3-11(13(9)15)18-8-4-5-10-12(6-8)17-7-16-10/h1-6H,7,15H2. The number of para-hydroxylation sites is 1. The van der Waals surface area contributed by atoms with E-state index in [0.29, 0.717) is 33.7 Å². The van der Waals surface area contributed by atoms with Gasteiger partial charge >= 0.3 is 0 Å². The predicted octanol–water partition coefficient (Wildman–Crippen LogP) is 3.44. The fraction of sp³-hybridized carbons (Fsp3) is 0.0769. The third-order valence-electron chi connectivity index (χ3n) is 2.58. The molecule has 2 N–H and O–H groups in total. The van der Waals surface area contributed by atoms with Crippen LogP contribution >= 0.6 is 11.6 Å². The van der Waals surface area contributed by atoms with E-state index >= 15 is 0 Å². The largest absolute Gasteiger partial charge is 0.455 e. The van der Waals surface area contributed by atoms with Crippen molar-refractivity contribution in [2.45, 2.75) is 0 Å². The van der Waals surface area contributed by atoms with E-state index in [1.54, 1.807) is 36.4 Å². The highest BCUT2D eigenvalue weighted by Crippen LogP contribution is 2.38. The lowest BCUT2D eigenvalue weighted by Crippen LogP contribution is -1.93. The summed E-state index contributed by atoms with van der Waals surface area (Å²) < 4.78 is 16.2. The van der Waals surface area contributed by atoms with Crippen LogP contribution in [0.4, 0.5) is 5.69 Å². The molecule has 3 rings (SSSR count). The summed E-state index contributed by atoms with van der Waals surface area (Å²) in [5.41, 5.74) is 6.24. The van der Waals surface area contributed by atoms with Gasteiger partial charge in [0, 0.05) is 6.07 Å². The van der Waals surface area contributed by atoms with Gasteiger partial charge < -0.3 is 19.9 Å². The van der Waals surface area contributed by atoms with Crippen molar-refractivity contribution in [2.24, 2.45) is 0 Å². The third-order valence-corrected chi connectivity index (χ3v) is 2.91. The second-order valence-corrected chi connectivity index (χ2v) is 4.18. The van der Waals surface area contributed by atoms with Crippen LogP contribution in [-0.4, -0.2) is 6.79 Å². The molecule has 0 fully saturated rings. The number of benzene rings is 2. The Kier molecular flexibility index (Phi) is 2.64. The van der Waals surface area contributed by atoms with E-state index in [0.717, 1.165) is 0 Å². The summed E-state index contributed by atoms with van der Waals surface area (Å²) in [6.07, 6.45) is 0. The normalized spacial score (nSPS) is 12.5. The van der Waals surface area contributed by atoms with Gasteiger partial charge in [-0.3, -0.25) is 0 Å². The SMILES string of the molecule is Nc1c(Cl)cccc1Oc1ccc2c(c1)OCO2. The lowest BCUT2D eigenvalue weighted by Gasteiger charge is -2.09. The van der Waals surface area contributed by atoms with Gasteiger partial charge in [-0.2, -0.15) is 0 Å². The molecular formula is C13H10ClNO3.